The molecule has 8 nitrogen and oxygen atoms in total. The van der Waals surface area contributed by atoms with E-state index in [-0.39, 0.29) is 13.2 Å². The summed E-state index contributed by atoms with van der Waals surface area (Å²) in [4.78, 5) is 8.40. The van der Waals surface area contributed by atoms with Crippen LogP contribution in [0.15, 0.2) is 12.4 Å². The fourth-order valence-electron chi connectivity index (χ4n) is 1.43. The molecule has 0 aliphatic rings. The van der Waals surface area contributed by atoms with Crippen LogP contribution in [-0.2, 0) is 13.1 Å². The summed E-state index contributed by atoms with van der Waals surface area (Å²) in [7, 11) is 0. The van der Waals surface area contributed by atoms with Crippen LogP contribution in [0.2, 0.25) is 0 Å². The van der Waals surface area contributed by atoms with Crippen LogP contribution in [0, 0.1) is 0 Å². The molecular formula is C12H22N4O4. The predicted octanol–water partition coefficient (Wildman–Crippen LogP) is -2.64. The van der Waals surface area contributed by atoms with Gasteiger partial charge in [-0.25, -0.2) is 0 Å². The number of nitrogens with one attached hydrogen (secondary N) is 2. The van der Waals surface area contributed by atoms with Gasteiger partial charge < -0.3 is 31.1 Å². The van der Waals surface area contributed by atoms with Gasteiger partial charge >= 0.3 is 0 Å². The first kappa shape index (κ1) is 16.9. The summed E-state index contributed by atoms with van der Waals surface area (Å²) in [5.41, 5.74) is 1.46. The molecule has 1 aromatic rings. The molecule has 2 unspecified atom stereocenters. The zero-order valence-electron chi connectivity index (χ0n) is 11.2. The van der Waals surface area contributed by atoms with E-state index in [1.807, 2.05) is 0 Å². The number of rotatable bonds is 10. The van der Waals surface area contributed by atoms with Gasteiger partial charge in [0.25, 0.3) is 0 Å². The van der Waals surface area contributed by atoms with Crippen LogP contribution in [0.5, 0.6) is 0 Å². The van der Waals surface area contributed by atoms with Crippen molar-refractivity contribution in [3.8, 4) is 0 Å². The van der Waals surface area contributed by atoms with Gasteiger partial charge in [-0.05, 0) is 0 Å². The van der Waals surface area contributed by atoms with Crippen LogP contribution in [0.1, 0.15) is 11.4 Å². The van der Waals surface area contributed by atoms with Crippen LogP contribution < -0.4 is 10.6 Å². The molecule has 0 aliphatic carbocycles. The fourth-order valence-corrected chi connectivity index (χ4v) is 1.43. The molecule has 20 heavy (non-hydrogen) atoms. The molecule has 0 fully saturated rings. The lowest BCUT2D eigenvalue weighted by Gasteiger charge is -2.09. The highest BCUT2D eigenvalue weighted by atomic mass is 16.3. The van der Waals surface area contributed by atoms with Crippen LogP contribution in [0.4, 0.5) is 0 Å². The molecule has 6 N–H and O–H groups in total. The Morgan fingerprint density at radius 3 is 1.55 bits per heavy atom. The van der Waals surface area contributed by atoms with Crippen LogP contribution in [0.3, 0.4) is 0 Å². The summed E-state index contributed by atoms with van der Waals surface area (Å²) in [6.45, 7) is 0.953. The molecule has 1 heterocycles. The average molecular weight is 286 g/mol. The van der Waals surface area contributed by atoms with Gasteiger partial charge in [-0.15, -0.1) is 0 Å². The van der Waals surface area contributed by atoms with Gasteiger partial charge in [-0.1, -0.05) is 0 Å². The quantitative estimate of drug-likeness (QED) is 0.275. The van der Waals surface area contributed by atoms with Crippen molar-refractivity contribution in [2.24, 2.45) is 0 Å². The Bertz CT molecular complexity index is 328. The first-order chi connectivity index (χ1) is 9.65. The Labute approximate surface area is 117 Å². The van der Waals surface area contributed by atoms with Crippen LogP contribution >= 0.6 is 0 Å². The number of aromatic nitrogens is 2. The molecule has 0 radical (unpaired) electrons. The topological polar surface area (TPSA) is 131 Å². The maximum atomic E-state index is 9.15. The number of aliphatic hydroxyl groups is 4. The van der Waals surface area contributed by atoms with E-state index in [1.165, 1.54) is 0 Å². The van der Waals surface area contributed by atoms with Crippen molar-refractivity contribution in [1.82, 2.24) is 20.6 Å². The third-order valence-electron chi connectivity index (χ3n) is 2.55. The minimum absolute atomic E-state index is 0.275. The smallest absolute Gasteiger partial charge is 0.0895 e. The predicted molar refractivity (Wildman–Crippen MR) is 71.6 cm³/mol. The highest BCUT2D eigenvalue weighted by molar-refractivity contribution is 5.02. The van der Waals surface area contributed by atoms with E-state index >= 15 is 0 Å². The van der Waals surface area contributed by atoms with Gasteiger partial charge in [0, 0.05) is 26.2 Å². The maximum absolute atomic E-state index is 9.15. The Balaban J connectivity index is 2.26. The van der Waals surface area contributed by atoms with E-state index in [9.17, 15) is 0 Å². The lowest BCUT2D eigenvalue weighted by atomic mass is 10.3. The SMILES string of the molecule is OCC(O)CNCc1cnc(CNCC(O)CO)cn1. The number of hydrogen-bond donors (Lipinski definition) is 6. The average Bonchev–Trinajstić information content (AvgIpc) is 2.48. The number of nitrogens with zero attached hydrogens (tertiary/aromatic N) is 2. The fraction of sp³-hybridized carbons (Fsp3) is 0.667. The summed E-state index contributed by atoms with van der Waals surface area (Å²) < 4.78 is 0. The summed E-state index contributed by atoms with van der Waals surface area (Å²) in [6, 6.07) is 0. The monoisotopic (exact) mass is 286 g/mol. The Morgan fingerprint density at radius 1 is 0.850 bits per heavy atom. The number of hydrogen-bond acceptors (Lipinski definition) is 8. The van der Waals surface area contributed by atoms with Crippen molar-refractivity contribution in [2.75, 3.05) is 26.3 Å². The second-order valence-corrected chi connectivity index (χ2v) is 4.43. The third kappa shape index (κ3) is 6.85. The van der Waals surface area contributed by atoms with Gasteiger partial charge in [0.2, 0.25) is 0 Å². The molecule has 0 saturated carbocycles. The van der Waals surface area contributed by atoms with Gasteiger partial charge in [0.1, 0.15) is 0 Å². The normalized spacial score (nSPS) is 14.2. The minimum atomic E-state index is -0.774. The van der Waals surface area contributed by atoms with E-state index in [4.69, 9.17) is 20.4 Å². The van der Waals surface area contributed by atoms with E-state index < -0.39 is 12.2 Å². The molecule has 2 atom stereocenters. The molecule has 0 aliphatic heterocycles. The van der Waals surface area contributed by atoms with E-state index in [0.29, 0.717) is 26.2 Å². The molecule has 114 valence electrons. The van der Waals surface area contributed by atoms with Crippen LogP contribution in [-0.4, -0.2) is 68.9 Å². The summed E-state index contributed by atoms with van der Waals surface area (Å²) in [5, 5.41) is 41.5. The van der Waals surface area contributed by atoms with Gasteiger partial charge in [0.05, 0.1) is 49.2 Å². The van der Waals surface area contributed by atoms with Gasteiger partial charge in [-0.2, -0.15) is 0 Å². The third-order valence-corrected chi connectivity index (χ3v) is 2.55. The zero-order valence-corrected chi connectivity index (χ0v) is 11.2. The van der Waals surface area contributed by atoms with Gasteiger partial charge in [0.15, 0.2) is 0 Å². The molecule has 0 amide bonds. The summed E-state index contributed by atoms with van der Waals surface area (Å²) in [5.74, 6) is 0. The van der Waals surface area contributed by atoms with Crippen molar-refractivity contribution in [3.63, 3.8) is 0 Å². The van der Waals surface area contributed by atoms with Gasteiger partial charge in [-0.3, -0.25) is 9.97 Å². The minimum Gasteiger partial charge on any atom is -0.394 e. The molecule has 1 aromatic heterocycles. The Kier molecular flexibility index (Phi) is 8.19. The van der Waals surface area contributed by atoms with Crippen molar-refractivity contribution in [3.05, 3.63) is 23.8 Å². The lowest BCUT2D eigenvalue weighted by molar-refractivity contribution is 0.0940. The standard InChI is InChI=1S/C12H22N4O4/c17-7-11(19)5-13-1-9-3-16-10(4-15-9)2-14-6-12(20)8-18/h3-4,11-14,17-20H,1-2,5-8H2. The van der Waals surface area contributed by atoms with Crippen molar-refractivity contribution in [2.45, 2.75) is 25.3 Å². The summed E-state index contributed by atoms with van der Waals surface area (Å²) in [6.07, 6.45) is 1.70. The van der Waals surface area contributed by atoms with E-state index in [2.05, 4.69) is 20.6 Å². The number of aliphatic hydroxyl groups excluding tert-OH is 4. The molecular weight excluding hydrogens is 264 g/mol. The molecule has 1 rings (SSSR count). The Morgan fingerprint density at radius 2 is 1.25 bits per heavy atom. The molecule has 0 bridgehead atoms. The first-order valence-corrected chi connectivity index (χ1v) is 6.44. The first-order valence-electron chi connectivity index (χ1n) is 6.44. The van der Waals surface area contributed by atoms with Crippen molar-refractivity contribution >= 4 is 0 Å². The molecule has 0 saturated heterocycles. The summed E-state index contributed by atoms with van der Waals surface area (Å²) >= 11 is 0. The largest absolute Gasteiger partial charge is 0.394 e. The molecule has 0 aromatic carbocycles. The van der Waals surface area contributed by atoms with Crippen molar-refractivity contribution < 1.29 is 20.4 Å². The van der Waals surface area contributed by atoms with Crippen LogP contribution in [0.25, 0.3) is 0 Å². The zero-order chi connectivity index (χ0) is 14.8. The van der Waals surface area contributed by atoms with Crippen molar-refractivity contribution in [1.29, 1.82) is 0 Å². The van der Waals surface area contributed by atoms with E-state index in [1.54, 1.807) is 12.4 Å². The van der Waals surface area contributed by atoms with E-state index in [0.717, 1.165) is 11.4 Å². The highest BCUT2D eigenvalue weighted by Gasteiger charge is 2.03. The highest BCUT2D eigenvalue weighted by Crippen LogP contribution is 1.95. The second kappa shape index (κ2) is 9.70. The maximum Gasteiger partial charge on any atom is 0.0895 e. The Hall–Kier alpha value is -1.16. The second-order valence-electron chi connectivity index (χ2n) is 4.43. The molecule has 0 spiro atoms. The molecule has 8 heteroatoms. The lowest BCUT2D eigenvalue weighted by Crippen LogP contribution is -2.30.